The molecule has 1 atom stereocenters. The molecule has 1 fully saturated rings. The number of rotatable bonds is 9. The van der Waals surface area contributed by atoms with Crippen molar-refractivity contribution in [3.05, 3.63) is 88.7 Å². The number of Topliss-reactive ketones (excluding diaryl/α,β-unsaturated/α-hetero) is 1. The lowest BCUT2D eigenvalue weighted by molar-refractivity contribution is -0.127. The summed E-state index contributed by atoms with van der Waals surface area (Å²) >= 11 is 0. The van der Waals surface area contributed by atoms with E-state index in [1.165, 1.54) is 5.56 Å². The molecule has 3 amide bonds. The second-order valence-electron chi connectivity index (χ2n) is 8.57. The molecule has 34 heavy (non-hydrogen) atoms. The molecule has 0 spiro atoms. The zero-order valence-corrected chi connectivity index (χ0v) is 19.7. The van der Waals surface area contributed by atoms with Crippen molar-refractivity contribution in [3.8, 4) is 5.75 Å². The molecule has 176 valence electrons. The van der Waals surface area contributed by atoms with E-state index >= 15 is 0 Å². The van der Waals surface area contributed by atoms with E-state index in [0.29, 0.717) is 12.0 Å². The molecule has 1 aliphatic rings. The molecule has 0 saturated carbocycles. The molecule has 3 aromatic rings. The molecule has 1 aromatic heterocycles. The molecule has 1 saturated heterocycles. The lowest BCUT2D eigenvalue weighted by Crippen LogP contribution is -2.36. The van der Waals surface area contributed by atoms with Gasteiger partial charge < -0.3 is 14.6 Å². The van der Waals surface area contributed by atoms with Crippen molar-refractivity contribution in [3.63, 3.8) is 0 Å². The Morgan fingerprint density at radius 3 is 2.38 bits per heavy atom. The smallest absolute Gasteiger partial charge is 0.325 e. The largest absolute Gasteiger partial charge is 0.497 e. The Morgan fingerprint density at radius 1 is 1.00 bits per heavy atom. The quantitative estimate of drug-likeness (QED) is 0.391. The minimum Gasteiger partial charge on any atom is -0.497 e. The summed E-state index contributed by atoms with van der Waals surface area (Å²) in [4.78, 5) is 39.4. The number of aryl methyl sites for hydroxylation is 2. The number of aromatic nitrogens is 1. The van der Waals surface area contributed by atoms with Gasteiger partial charge in [0, 0.05) is 29.9 Å². The Kier molecular flexibility index (Phi) is 6.82. The maximum Gasteiger partial charge on any atom is 0.325 e. The van der Waals surface area contributed by atoms with Crippen LogP contribution in [0.25, 0.3) is 0 Å². The van der Waals surface area contributed by atoms with E-state index in [2.05, 4.69) is 9.88 Å². The number of carbonyl (C=O) groups is 3. The third-order valence-electron chi connectivity index (χ3n) is 6.35. The zero-order chi connectivity index (χ0) is 24.2. The van der Waals surface area contributed by atoms with Gasteiger partial charge >= 0.3 is 6.03 Å². The predicted octanol–water partition coefficient (Wildman–Crippen LogP) is 3.70. The van der Waals surface area contributed by atoms with E-state index in [4.69, 9.17) is 4.74 Å². The molecule has 2 heterocycles. The van der Waals surface area contributed by atoms with Gasteiger partial charge in [-0.2, -0.15) is 0 Å². The minimum absolute atomic E-state index is 0.243. The Balaban J connectivity index is 1.41. The van der Waals surface area contributed by atoms with E-state index < -0.39 is 12.1 Å². The molecule has 4 rings (SSSR count). The van der Waals surface area contributed by atoms with Gasteiger partial charge in [-0.05, 0) is 49.6 Å². The van der Waals surface area contributed by atoms with Crippen molar-refractivity contribution in [2.45, 2.75) is 39.3 Å². The first kappa shape index (κ1) is 23.3. The highest BCUT2D eigenvalue weighted by atomic mass is 16.5. The molecule has 0 unspecified atom stereocenters. The van der Waals surface area contributed by atoms with Crippen molar-refractivity contribution < 1.29 is 19.1 Å². The van der Waals surface area contributed by atoms with Gasteiger partial charge in [0.1, 0.15) is 11.8 Å². The van der Waals surface area contributed by atoms with Crippen LogP contribution in [0, 0.1) is 13.8 Å². The third-order valence-corrected chi connectivity index (χ3v) is 6.35. The Labute approximate surface area is 199 Å². The number of ketones is 1. The summed E-state index contributed by atoms with van der Waals surface area (Å²) in [5, 5.41) is 2.71. The molecule has 1 N–H and O–H groups in total. The third kappa shape index (κ3) is 4.88. The summed E-state index contributed by atoms with van der Waals surface area (Å²) in [7, 11) is 1.64. The molecule has 0 radical (unpaired) electrons. The number of nitrogens with one attached hydrogen (secondary N) is 1. The van der Waals surface area contributed by atoms with Crippen molar-refractivity contribution in [1.29, 1.82) is 0 Å². The Morgan fingerprint density at radius 2 is 1.71 bits per heavy atom. The molecule has 0 aliphatic carbocycles. The zero-order valence-electron chi connectivity index (χ0n) is 19.7. The summed E-state index contributed by atoms with van der Waals surface area (Å²) in [5.74, 6) is 0.208. The normalized spacial score (nSPS) is 15.5. The second kappa shape index (κ2) is 9.95. The van der Waals surface area contributed by atoms with Crippen LogP contribution in [-0.2, 0) is 24.2 Å². The molecule has 1 aliphatic heterocycles. The summed E-state index contributed by atoms with van der Waals surface area (Å²) in [6.45, 7) is 4.32. The van der Waals surface area contributed by atoms with Gasteiger partial charge in [-0.1, -0.05) is 42.5 Å². The molecule has 0 bridgehead atoms. The number of imide groups is 1. The van der Waals surface area contributed by atoms with Crippen molar-refractivity contribution >= 4 is 17.7 Å². The molecule has 7 heteroatoms. The number of carbonyl (C=O) groups excluding carboxylic acids is 3. The Bertz CT molecular complexity index is 1200. The van der Waals surface area contributed by atoms with Gasteiger partial charge in [-0.15, -0.1) is 0 Å². The van der Waals surface area contributed by atoms with Crippen molar-refractivity contribution in [2.24, 2.45) is 0 Å². The monoisotopic (exact) mass is 459 g/mol. The Hall–Kier alpha value is -3.87. The topological polar surface area (TPSA) is 80.6 Å². The highest BCUT2D eigenvalue weighted by Crippen LogP contribution is 2.20. The predicted molar refractivity (Wildman–Crippen MR) is 129 cm³/mol. The summed E-state index contributed by atoms with van der Waals surface area (Å²) in [6, 6.07) is 18.1. The number of methoxy groups -OCH3 is 1. The fourth-order valence-electron chi connectivity index (χ4n) is 4.40. The average molecular weight is 460 g/mol. The van der Waals surface area contributed by atoms with Crippen LogP contribution in [0.2, 0.25) is 0 Å². The first-order chi connectivity index (χ1) is 16.4. The van der Waals surface area contributed by atoms with Crippen LogP contribution in [0.1, 0.15) is 32.9 Å². The first-order valence-electron chi connectivity index (χ1n) is 11.4. The molecular formula is C27H29N3O4. The van der Waals surface area contributed by atoms with E-state index in [-0.39, 0.29) is 18.2 Å². The highest BCUT2D eigenvalue weighted by Gasteiger charge is 2.39. The molecular weight excluding hydrogens is 430 g/mol. The SMILES string of the molecule is COc1ccc(CCn2c(C)cc(C(=O)CN3C(=O)N[C@H](Cc4ccccc4)C3=O)c2C)cc1. The second-order valence-corrected chi connectivity index (χ2v) is 8.57. The van der Waals surface area contributed by atoms with Crippen LogP contribution >= 0.6 is 0 Å². The number of ether oxygens (including phenoxy) is 1. The first-order valence-corrected chi connectivity index (χ1v) is 11.4. The van der Waals surface area contributed by atoms with Gasteiger partial charge in [0.2, 0.25) is 0 Å². The summed E-state index contributed by atoms with van der Waals surface area (Å²) in [6.07, 6.45) is 1.21. The lowest BCUT2D eigenvalue weighted by atomic mass is 10.1. The van der Waals surface area contributed by atoms with Gasteiger partial charge in [0.05, 0.1) is 13.7 Å². The highest BCUT2D eigenvalue weighted by molar-refractivity contribution is 6.09. The number of amides is 3. The van der Waals surface area contributed by atoms with E-state index in [9.17, 15) is 14.4 Å². The summed E-state index contributed by atoms with van der Waals surface area (Å²) < 4.78 is 7.31. The van der Waals surface area contributed by atoms with Crippen LogP contribution in [-0.4, -0.2) is 46.9 Å². The number of benzene rings is 2. The van der Waals surface area contributed by atoms with Crippen molar-refractivity contribution in [1.82, 2.24) is 14.8 Å². The number of urea groups is 1. The van der Waals surface area contributed by atoms with Crippen LogP contribution in [0.4, 0.5) is 4.79 Å². The van der Waals surface area contributed by atoms with Crippen LogP contribution in [0.3, 0.4) is 0 Å². The standard InChI is InChI=1S/C27H29N3O4/c1-18-15-23(19(2)29(18)14-13-20-9-11-22(34-3)12-10-20)25(31)17-30-26(32)24(28-27(30)33)16-21-7-5-4-6-8-21/h4-12,15,24H,13-14,16-17H2,1-3H3,(H,28,33)/t24-/m1/s1. The van der Waals surface area contributed by atoms with Crippen LogP contribution in [0.15, 0.2) is 60.7 Å². The van der Waals surface area contributed by atoms with Gasteiger partial charge in [0.15, 0.2) is 5.78 Å². The number of hydrogen-bond donors (Lipinski definition) is 1. The van der Waals surface area contributed by atoms with E-state index in [1.54, 1.807) is 7.11 Å². The van der Waals surface area contributed by atoms with Gasteiger partial charge in [-0.25, -0.2) is 4.79 Å². The van der Waals surface area contributed by atoms with Crippen LogP contribution < -0.4 is 10.1 Å². The van der Waals surface area contributed by atoms with Gasteiger partial charge in [0.25, 0.3) is 5.91 Å². The number of nitrogens with zero attached hydrogens (tertiary/aromatic N) is 2. The molecule has 2 aromatic carbocycles. The maximum atomic E-state index is 13.1. The van der Waals surface area contributed by atoms with E-state index in [0.717, 1.165) is 40.6 Å². The summed E-state index contributed by atoms with van der Waals surface area (Å²) in [5.41, 5.74) is 4.47. The minimum atomic E-state index is -0.653. The maximum absolute atomic E-state index is 13.1. The van der Waals surface area contributed by atoms with Crippen LogP contribution in [0.5, 0.6) is 5.75 Å². The van der Waals surface area contributed by atoms with E-state index in [1.807, 2.05) is 74.5 Å². The fraction of sp³-hybridized carbons (Fsp3) is 0.296. The number of hydrogen-bond acceptors (Lipinski definition) is 4. The van der Waals surface area contributed by atoms with Gasteiger partial charge in [-0.3, -0.25) is 14.5 Å². The fourth-order valence-corrected chi connectivity index (χ4v) is 4.40. The molecule has 7 nitrogen and oxygen atoms in total. The van der Waals surface area contributed by atoms with Crippen molar-refractivity contribution in [2.75, 3.05) is 13.7 Å². The average Bonchev–Trinajstić information content (AvgIpc) is 3.27. The lowest BCUT2D eigenvalue weighted by Gasteiger charge is -2.13.